The lowest BCUT2D eigenvalue weighted by atomic mass is 10.2. The van der Waals surface area contributed by atoms with E-state index in [-0.39, 0.29) is 5.75 Å². The maximum absolute atomic E-state index is 10.5. The SMILES string of the molecule is C#CCCCCCCS(=O)(=O)Cl. The van der Waals surface area contributed by atoms with Crippen LogP contribution < -0.4 is 0 Å². The minimum atomic E-state index is -3.28. The molecule has 12 heavy (non-hydrogen) atoms. The minimum absolute atomic E-state index is 0.0740. The van der Waals surface area contributed by atoms with Crippen molar-refractivity contribution in [1.82, 2.24) is 0 Å². The highest BCUT2D eigenvalue weighted by molar-refractivity contribution is 8.13. The van der Waals surface area contributed by atoms with E-state index in [4.69, 9.17) is 17.1 Å². The van der Waals surface area contributed by atoms with Crippen LogP contribution in [0.15, 0.2) is 0 Å². The molecule has 0 radical (unpaired) electrons. The summed E-state index contributed by atoms with van der Waals surface area (Å²) in [6.45, 7) is 0. The summed E-state index contributed by atoms with van der Waals surface area (Å²) >= 11 is 0. The van der Waals surface area contributed by atoms with Gasteiger partial charge >= 0.3 is 0 Å². The van der Waals surface area contributed by atoms with Crippen molar-refractivity contribution in [3.63, 3.8) is 0 Å². The van der Waals surface area contributed by atoms with Crippen LogP contribution in [0.5, 0.6) is 0 Å². The van der Waals surface area contributed by atoms with Gasteiger partial charge in [-0.2, -0.15) is 0 Å². The average Bonchev–Trinajstić information content (AvgIpc) is 1.94. The fraction of sp³-hybridized carbons (Fsp3) is 0.750. The maximum Gasteiger partial charge on any atom is 0.232 e. The van der Waals surface area contributed by atoms with E-state index in [1.807, 2.05) is 0 Å². The van der Waals surface area contributed by atoms with Crippen molar-refractivity contribution >= 4 is 19.7 Å². The molecule has 2 nitrogen and oxygen atoms in total. The molecule has 0 aromatic rings. The quantitative estimate of drug-likeness (QED) is 0.381. The monoisotopic (exact) mass is 208 g/mol. The summed E-state index contributed by atoms with van der Waals surface area (Å²) in [7, 11) is 1.73. The van der Waals surface area contributed by atoms with E-state index < -0.39 is 9.05 Å². The number of terminal acetylenes is 1. The molecule has 4 heteroatoms. The molecule has 0 N–H and O–H groups in total. The molecule has 0 aliphatic carbocycles. The van der Waals surface area contributed by atoms with Gasteiger partial charge in [-0.25, -0.2) is 8.42 Å². The van der Waals surface area contributed by atoms with Gasteiger partial charge < -0.3 is 0 Å². The Balaban J connectivity index is 3.18. The Morgan fingerprint density at radius 1 is 1.17 bits per heavy atom. The Morgan fingerprint density at radius 3 is 2.25 bits per heavy atom. The molecule has 0 amide bonds. The van der Waals surface area contributed by atoms with Gasteiger partial charge in [0.1, 0.15) is 0 Å². The van der Waals surface area contributed by atoms with Crippen molar-refractivity contribution in [3.05, 3.63) is 0 Å². The van der Waals surface area contributed by atoms with Crippen LogP contribution in [-0.2, 0) is 9.05 Å². The summed E-state index contributed by atoms with van der Waals surface area (Å²) in [6, 6.07) is 0. The summed E-state index contributed by atoms with van der Waals surface area (Å²) in [4.78, 5) is 0. The lowest BCUT2D eigenvalue weighted by Crippen LogP contribution is -1.96. The zero-order valence-corrected chi connectivity index (χ0v) is 8.50. The van der Waals surface area contributed by atoms with Crippen LogP contribution in [0.25, 0.3) is 0 Å². The predicted octanol–water partition coefficient (Wildman–Crippen LogP) is 2.14. The smallest absolute Gasteiger partial charge is 0.212 e. The molecule has 0 saturated carbocycles. The van der Waals surface area contributed by atoms with Crippen molar-refractivity contribution in [3.8, 4) is 12.3 Å². The van der Waals surface area contributed by atoms with Gasteiger partial charge in [0.15, 0.2) is 0 Å². The van der Waals surface area contributed by atoms with Crippen LogP contribution in [0.3, 0.4) is 0 Å². The normalized spacial score (nSPS) is 11.0. The summed E-state index contributed by atoms with van der Waals surface area (Å²) in [5.74, 6) is 2.60. The van der Waals surface area contributed by atoms with Crippen LogP contribution in [-0.4, -0.2) is 14.2 Å². The molecule has 0 aliphatic rings. The van der Waals surface area contributed by atoms with E-state index in [2.05, 4.69) is 5.92 Å². The van der Waals surface area contributed by atoms with Crippen molar-refractivity contribution in [2.75, 3.05) is 5.75 Å². The van der Waals surface area contributed by atoms with Gasteiger partial charge in [0.25, 0.3) is 0 Å². The third-order valence-electron chi connectivity index (χ3n) is 1.46. The molecule has 0 bridgehead atoms. The van der Waals surface area contributed by atoms with E-state index in [1.165, 1.54) is 0 Å². The largest absolute Gasteiger partial charge is 0.232 e. The molecular weight excluding hydrogens is 196 g/mol. The molecule has 0 atom stereocenters. The summed E-state index contributed by atoms with van der Waals surface area (Å²) < 4.78 is 20.9. The van der Waals surface area contributed by atoms with Gasteiger partial charge in [-0.05, 0) is 12.8 Å². The average molecular weight is 209 g/mol. The fourth-order valence-electron chi connectivity index (χ4n) is 0.855. The lowest BCUT2D eigenvalue weighted by Gasteiger charge is -1.96. The minimum Gasteiger partial charge on any atom is -0.212 e. The lowest BCUT2D eigenvalue weighted by molar-refractivity contribution is 0.601. The van der Waals surface area contributed by atoms with Crippen LogP contribution >= 0.6 is 10.7 Å². The van der Waals surface area contributed by atoms with Crippen molar-refractivity contribution in [1.29, 1.82) is 0 Å². The second-order valence-corrected chi connectivity index (χ2v) is 5.51. The van der Waals surface area contributed by atoms with Gasteiger partial charge in [-0.15, -0.1) is 12.3 Å². The molecule has 70 valence electrons. The van der Waals surface area contributed by atoms with Crippen LogP contribution in [0.1, 0.15) is 32.1 Å². The highest BCUT2D eigenvalue weighted by Gasteiger charge is 2.02. The van der Waals surface area contributed by atoms with E-state index in [9.17, 15) is 8.42 Å². The summed E-state index contributed by atoms with van der Waals surface area (Å²) in [6.07, 6.45) is 9.29. The van der Waals surface area contributed by atoms with Gasteiger partial charge in [-0.1, -0.05) is 12.8 Å². The molecule has 0 aromatic carbocycles. The highest BCUT2D eigenvalue weighted by atomic mass is 35.7. The third-order valence-corrected chi connectivity index (χ3v) is 2.70. The Hall–Kier alpha value is -0.200. The molecular formula is C8H13ClO2S. The van der Waals surface area contributed by atoms with Gasteiger partial charge in [0, 0.05) is 17.1 Å². The predicted molar refractivity (Wildman–Crippen MR) is 51.6 cm³/mol. The second-order valence-electron chi connectivity index (χ2n) is 2.61. The van der Waals surface area contributed by atoms with Gasteiger partial charge in [-0.3, -0.25) is 0 Å². The first kappa shape index (κ1) is 11.8. The zero-order valence-electron chi connectivity index (χ0n) is 6.92. The molecule has 0 rings (SSSR count). The standard InChI is InChI=1S/C8H13ClO2S/c1-2-3-4-5-6-7-8-12(9,10)11/h1H,3-8H2. The van der Waals surface area contributed by atoms with E-state index >= 15 is 0 Å². The summed E-state index contributed by atoms with van der Waals surface area (Å²) in [5.41, 5.74) is 0. The first-order valence-electron chi connectivity index (χ1n) is 3.92. The van der Waals surface area contributed by atoms with E-state index in [0.29, 0.717) is 6.42 Å². The van der Waals surface area contributed by atoms with Crippen LogP contribution in [0, 0.1) is 12.3 Å². The first-order valence-corrected chi connectivity index (χ1v) is 6.40. The molecule has 0 spiro atoms. The molecule has 0 aliphatic heterocycles. The Bertz CT molecular complexity index is 238. The summed E-state index contributed by atoms with van der Waals surface area (Å²) in [5, 5.41) is 0. The number of halogens is 1. The Labute approximate surface area is 78.7 Å². The van der Waals surface area contributed by atoms with Crippen molar-refractivity contribution < 1.29 is 8.42 Å². The van der Waals surface area contributed by atoms with Crippen LogP contribution in [0.2, 0.25) is 0 Å². The molecule has 0 saturated heterocycles. The molecule has 0 unspecified atom stereocenters. The highest BCUT2D eigenvalue weighted by Crippen LogP contribution is 2.06. The van der Waals surface area contributed by atoms with E-state index in [0.717, 1.165) is 25.7 Å². The van der Waals surface area contributed by atoms with Gasteiger partial charge in [0.2, 0.25) is 9.05 Å². The third kappa shape index (κ3) is 9.80. The first-order chi connectivity index (χ1) is 5.56. The van der Waals surface area contributed by atoms with E-state index in [1.54, 1.807) is 0 Å². The zero-order chi connectivity index (χ0) is 9.45. The number of unbranched alkanes of at least 4 members (excludes halogenated alkanes) is 4. The van der Waals surface area contributed by atoms with Crippen molar-refractivity contribution in [2.24, 2.45) is 0 Å². The molecule has 0 aromatic heterocycles. The maximum atomic E-state index is 10.5. The number of rotatable bonds is 6. The number of hydrogen-bond acceptors (Lipinski definition) is 2. The Morgan fingerprint density at radius 2 is 1.75 bits per heavy atom. The van der Waals surface area contributed by atoms with Crippen molar-refractivity contribution in [2.45, 2.75) is 32.1 Å². The number of hydrogen-bond donors (Lipinski definition) is 0. The molecule has 0 heterocycles. The topological polar surface area (TPSA) is 34.1 Å². The van der Waals surface area contributed by atoms with Gasteiger partial charge in [0.05, 0.1) is 5.75 Å². The second kappa shape index (κ2) is 6.33. The Kier molecular flexibility index (Phi) is 6.23. The van der Waals surface area contributed by atoms with Crippen LogP contribution in [0.4, 0.5) is 0 Å². The fourth-order valence-corrected chi connectivity index (χ4v) is 1.73. The molecule has 0 fully saturated rings.